The van der Waals surface area contributed by atoms with Crippen molar-refractivity contribution in [1.29, 1.82) is 0 Å². The quantitative estimate of drug-likeness (QED) is 0.251. The van der Waals surface area contributed by atoms with Crippen molar-refractivity contribution < 1.29 is 9.90 Å². The molecule has 0 saturated carbocycles. The Morgan fingerprint density at radius 3 is 2.33 bits per heavy atom. The Labute approximate surface area is 232 Å². The van der Waals surface area contributed by atoms with Gasteiger partial charge in [0, 0.05) is 42.3 Å². The van der Waals surface area contributed by atoms with Gasteiger partial charge in [-0.2, -0.15) is 0 Å². The molecule has 2 heterocycles. The van der Waals surface area contributed by atoms with Gasteiger partial charge < -0.3 is 20.3 Å². The van der Waals surface area contributed by atoms with E-state index in [9.17, 15) is 9.90 Å². The van der Waals surface area contributed by atoms with Crippen LogP contribution in [0.4, 0.5) is 0 Å². The lowest BCUT2D eigenvalue weighted by Gasteiger charge is -2.18. The lowest BCUT2D eigenvalue weighted by Crippen LogP contribution is -2.32. The average Bonchev–Trinajstić information content (AvgIpc) is 3.25. The van der Waals surface area contributed by atoms with Gasteiger partial charge in [0.05, 0.1) is 12.5 Å². The van der Waals surface area contributed by atoms with Gasteiger partial charge in [-0.15, -0.1) is 0 Å². The van der Waals surface area contributed by atoms with Crippen LogP contribution in [0.25, 0.3) is 5.82 Å². The number of aromatic nitrogens is 2. The number of hydrogen-bond donors (Lipinski definition) is 3. The largest absolute Gasteiger partial charge is 0.387 e. The molecule has 0 aliphatic carbocycles. The van der Waals surface area contributed by atoms with Crippen LogP contribution in [0.1, 0.15) is 57.8 Å². The summed E-state index contributed by atoms with van der Waals surface area (Å²) < 4.78 is 2.10. The second-order valence-electron chi connectivity index (χ2n) is 10.6. The van der Waals surface area contributed by atoms with Crippen molar-refractivity contribution in [2.75, 3.05) is 6.54 Å². The number of aliphatic hydroxyl groups excluding tert-OH is 1. The van der Waals surface area contributed by atoms with Crippen molar-refractivity contribution in [3.05, 3.63) is 118 Å². The smallest absolute Gasteiger partial charge is 0.224 e. The van der Waals surface area contributed by atoms with Crippen molar-refractivity contribution >= 4 is 5.91 Å². The normalized spacial score (nSPS) is 12.8. The number of nitrogens with one attached hydrogen (secondary N) is 2. The van der Waals surface area contributed by atoms with Crippen molar-refractivity contribution in [3.63, 3.8) is 0 Å². The van der Waals surface area contributed by atoms with Crippen LogP contribution in [-0.4, -0.2) is 33.2 Å². The number of benzene rings is 2. The maximum Gasteiger partial charge on any atom is 0.224 e. The third kappa shape index (κ3) is 7.65. The molecule has 4 rings (SSSR count). The van der Waals surface area contributed by atoms with Gasteiger partial charge in [0.1, 0.15) is 5.82 Å². The van der Waals surface area contributed by atoms with E-state index in [0.29, 0.717) is 19.5 Å². The molecule has 0 aliphatic rings. The lowest BCUT2D eigenvalue weighted by molar-refractivity contribution is -0.120. The van der Waals surface area contributed by atoms with Crippen molar-refractivity contribution in [3.8, 4) is 5.82 Å². The summed E-state index contributed by atoms with van der Waals surface area (Å²) in [7, 11) is 0. The zero-order valence-electron chi connectivity index (χ0n) is 23.7. The Bertz CT molecular complexity index is 1390. The Balaban J connectivity index is 1.25. The van der Waals surface area contributed by atoms with Gasteiger partial charge in [-0.3, -0.25) is 4.79 Å². The fourth-order valence-corrected chi connectivity index (χ4v) is 4.84. The summed E-state index contributed by atoms with van der Waals surface area (Å²) in [4.78, 5) is 17.1. The third-order valence-electron chi connectivity index (χ3n) is 7.27. The molecule has 6 nitrogen and oxygen atoms in total. The zero-order valence-corrected chi connectivity index (χ0v) is 23.7. The maximum absolute atomic E-state index is 12.5. The van der Waals surface area contributed by atoms with E-state index in [4.69, 9.17) is 0 Å². The highest BCUT2D eigenvalue weighted by atomic mass is 16.3. The maximum atomic E-state index is 12.5. The molecule has 0 aliphatic heterocycles. The fourth-order valence-electron chi connectivity index (χ4n) is 4.84. The van der Waals surface area contributed by atoms with E-state index in [1.165, 1.54) is 11.1 Å². The molecule has 3 N–H and O–H groups in total. The number of amides is 1. The van der Waals surface area contributed by atoms with Gasteiger partial charge in [0.25, 0.3) is 0 Å². The van der Waals surface area contributed by atoms with Gasteiger partial charge in [0.2, 0.25) is 5.91 Å². The zero-order chi connectivity index (χ0) is 27.9. The Morgan fingerprint density at radius 2 is 1.64 bits per heavy atom. The molecule has 204 valence electrons. The molecule has 39 heavy (non-hydrogen) atoms. The highest BCUT2D eigenvalue weighted by Gasteiger charge is 2.13. The van der Waals surface area contributed by atoms with Crippen molar-refractivity contribution in [2.45, 2.75) is 66.2 Å². The molecule has 0 saturated heterocycles. The van der Waals surface area contributed by atoms with Crippen molar-refractivity contribution in [1.82, 2.24) is 20.2 Å². The predicted octanol–water partition coefficient (Wildman–Crippen LogP) is 5.22. The number of carbonyl (C=O) groups is 1. The lowest BCUT2D eigenvalue weighted by atomic mass is 10.0. The van der Waals surface area contributed by atoms with E-state index in [1.807, 2.05) is 24.3 Å². The molecular weight excluding hydrogens is 484 g/mol. The first-order valence-electron chi connectivity index (χ1n) is 13.6. The molecule has 2 atom stereocenters. The van der Waals surface area contributed by atoms with Crippen LogP contribution < -0.4 is 10.6 Å². The highest BCUT2D eigenvalue weighted by molar-refractivity contribution is 5.78. The number of carbonyl (C=O) groups excluding carboxylic acids is 1. The molecule has 1 amide bonds. The standard InChI is InChI=1S/C33H40N4O2/c1-22-9-12-29(15-23(22)2)19-36-33(39)18-28-8-6-7-27(17-28)16-24(3)34-21-31(38)30-13-14-32(35-20-30)37-25(4)10-11-26(37)5/h6-15,17,20,24,31,34,38H,16,18-19,21H2,1-5H3,(H,36,39)/t24-,31-/m1/s1. The molecule has 0 radical (unpaired) electrons. The van der Waals surface area contributed by atoms with E-state index in [1.54, 1.807) is 6.20 Å². The number of pyridine rings is 1. The molecular formula is C33H40N4O2. The molecule has 6 heteroatoms. The second kappa shape index (κ2) is 12.9. The first kappa shape index (κ1) is 28.3. The van der Waals surface area contributed by atoms with E-state index in [2.05, 4.69) is 97.3 Å². The number of rotatable bonds is 11. The Morgan fingerprint density at radius 1 is 0.897 bits per heavy atom. The molecule has 4 aromatic rings. The minimum absolute atomic E-state index is 0.0152. The average molecular weight is 525 g/mol. The number of hydrogen-bond acceptors (Lipinski definition) is 4. The van der Waals surface area contributed by atoms with E-state index < -0.39 is 6.10 Å². The van der Waals surface area contributed by atoms with Crippen LogP contribution in [-0.2, 0) is 24.2 Å². The van der Waals surface area contributed by atoms with Crippen LogP contribution >= 0.6 is 0 Å². The Kier molecular flexibility index (Phi) is 9.33. The predicted molar refractivity (Wildman–Crippen MR) is 157 cm³/mol. The van der Waals surface area contributed by atoms with Gasteiger partial charge >= 0.3 is 0 Å². The number of nitrogens with zero attached hydrogens (tertiary/aromatic N) is 2. The second-order valence-corrected chi connectivity index (χ2v) is 10.6. The van der Waals surface area contributed by atoms with E-state index >= 15 is 0 Å². The molecule has 0 spiro atoms. The number of aliphatic hydroxyl groups is 1. The monoisotopic (exact) mass is 524 g/mol. The summed E-state index contributed by atoms with van der Waals surface area (Å²) >= 11 is 0. The summed E-state index contributed by atoms with van der Waals surface area (Å²) in [5.74, 6) is 0.868. The van der Waals surface area contributed by atoms with Crippen LogP contribution in [0.15, 0.2) is 72.9 Å². The van der Waals surface area contributed by atoms with Gasteiger partial charge in [-0.1, -0.05) is 48.5 Å². The summed E-state index contributed by atoms with van der Waals surface area (Å²) in [6.45, 7) is 11.4. The van der Waals surface area contributed by atoms with Gasteiger partial charge in [0.15, 0.2) is 0 Å². The molecule has 2 aromatic heterocycles. The summed E-state index contributed by atoms with van der Waals surface area (Å²) in [6, 6.07) is 22.6. The SMILES string of the molecule is Cc1ccc(CNC(=O)Cc2cccc(C[C@@H](C)NC[C@@H](O)c3ccc(-n4c(C)ccc4C)nc3)c2)cc1C. The molecule has 0 bridgehead atoms. The molecule has 2 aromatic carbocycles. The van der Waals surface area contributed by atoms with Gasteiger partial charge in [-0.25, -0.2) is 4.98 Å². The van der Waals surface area contributed by atoms with Crippen LogP contribution in [0.5, 0.6) is 0 Å². The molecule has 0 unspecified atom stereocenters. The minimum atomic E-state index is -0.645. The van der Waals surface area contributed by atoms with Crippen LogP contribution in [0.2, 0.25) is 0 Å². The first-order valence-corrected chi connectivity index (χ1v) is 13.6. The van der Waals surface area contributed by atoms with Gasteiger partial charge in [-0.05, 0) is 87.1 Å². The third-order valence-corrected chi connectivity index (χ3v) is 7.27. The first-order chi connectivity index (χ1) is 18.7. The van der Waals surface area contributed by atoms with E-state index in [-0.39, 0.29) is 11.9 Å². The molecule has 0 fully saturated rings. The summed E-state index contributed by atoms with van der Waals surface area (Å²) in [5.41, 5.74) is 8.80. The number of aryl methyl sites for hydroxylation is 4. The topological polar surface area (TPSA) is 79.2 Å². The van der Waals surface area contributed by atoms with Crippen molar-refractivity contribution in [2.24, 2.45) is 0 Å². The fraction of sp³-hybridized carbons (Fsp3) is 0.333. The van der Waals surface area contributed by atoms with Crippen LogP contribution in [0.3, 0.4) is 0 Å². The Hall–Kier alpha value is -3.74. The minimum Gasteiger partial charge on any atom is -0.387 e. The summed E-state index contributed by atoms with van der Waals surface area (Å²) in [6.07, 6.45) is 2.26. The summed E-state index contributed by atoms with van der Waals surface area (Å²) in [5, 5.41) is 17.2. The van der Waals surface area contributed by atoms with Crippen LogP contribution in [0, 0.1) is 27.7 Å². The van der Waals surface area contributed by atoms with E-state index in [0.717, 1.165) is 45.9 Å². The highest BCUT2D eigenvalue weighted by Crippen LogP contribution is 2.18.